The van der Waals surface area contributed by atoms with E-state index in [1.807, 2.05) is 33.8 Å². The highest BCUT2D eigenvalue weighted by Crippen LogP contribution is 2.31. The second kappa shape index (κ2) is 10.2. The van der Waals surface area contributed by atoms with Crippen LogP contribution in [0.2, 0.25) is 0 Å². The normalized spacial score (nSPS) is 23.7. The molecule has 1 aromatic rings. The number of amides is 1. The predicted octanol–water partition coefficient (Wildman–Crippen LogP) is 3.75. The third-order valence-corrected chi connectivity index (χ3v) is 7.00. The van der Waals surface area contributed by atoms with E-state index in [0.29, 0.717) is 12.0 Å². The Morgan fingerprint density at radius 3 is 2.39 bits per heavy atom. The molecule has 0 radical (unpaired) electrons. The first-order valence-electron chi connectivity index (χ1n) is 12.0. The van der Waals surface area contributed by atoms with Crippen LogP contribution in [0.1, 0.15) is 71.8 Å². The standard InChI is InChI=1S/C25H42N4O2/c1-17(2)27-24(30)19-6-8-21(9-7-19)28-23-15-18(5-10-22(23)26)16-29-13-11-20(12-14-29)25(3,4)31/h5,10,15,17,19-21,28,31H,6-9,11-14,16,26H2,1-4H3,(H,27,30). The van der Waals surface area contributed by atoms with E-state index in [-0.39, 0.29) is 17.9 Å². The molecule has 174 valence electrons. The van der Waals surface area contributed by atoms with Crippen LogP contribution < -0.4 is 16.4 Å². The second-order valence-electron chi connectivity index (χ2n) is 10.5. The second-order valence-corrected chi connectivity index (χ2v) is 10.5. The van der Waals surface area contributed by atoms with Crippen LogP contribution in [0.3, 0.4) is 0 Å². The molecule has 1 aliphatic carbocycles. The van der Waals surface area contributed by atoms with Crippen molar-refractivity contribution in [3.63, 3.8) is 0 Å². The van der Waals surface area contributed by atoms with Crippen LogP contribution in [0.15, 0.2) is 18.2 Å². The number of anilines is 2. The first-order valence-corrected chi connectivity index (χ1v) is 12.0. The number of carbonyl (C=O) groups is 1. The molecule has 1 amide bonds. The van der Waals surface area contributed by atoms with Crippen molar-refractivity contribution in [1.82, 2.24) is 10.2 Å². The van der Waals surface area contributed by atoms with Crippen molar-refractivity contribution in [2.24, 2.45) is 11.8 Å². The highest BCUT2D eigenvalue weighted by molar-refractivity contribution is 5.79. The number of rotatable bonds is 7. The van der Waals surface area contributed by atoms with Gasteiger partial charge in [-0.15, -0.1) is 0 Å². The molecular weight excluding hydrogens is 388 g/mol. The summed E-state index contributed by atoms with van der Waals surface area (Å²) in [6.07, 6.45) is 5.90. The zero-order valence-electron chi connectivity index (χ0n) is 19.8. The predicted molar refractivity (Wildman–Crippen MR) is 128 cm³/mol. The Hall–Kier alpha value is -1.79. The molecule has 0 bridgehead atoms. The topological polar surface area (TPSA) is 90.6 Å². The third-order valence-electron chi connectivity index (χ3n) is 7.00. The van der Waals surface area contributed by atoms with Gasteiger partial charge in [0, 0.05) is 24.5 Å². The zero-order chi connectivity index (χ0) is 22.6. The van der Waals surface area contributed by atoms with Crippen molar-refractivity contribution in [2.75, 3.05) is 24.1 Å². The van der Waals surface area contributed by atoms with Gasteiger partial charge >= 0.3 is 0 Å². The summed E-state index contributed by atoms with van der Waals surface area (Å²) in [5.41, 5.74) is 8.75. The van der Waals surface area contributed by atoms with Gasteiger partial charge in [0.15, 0.2) is 0 Å². The molecule has 0 unspecified atom stereocenters. The molecule has 0 aromatic heterocycles. The Balaban J connectivity index is 1.51. The summed E-state index contributed by atoms with van der Waals surface area (Å²) >= 11 is 0. The van der Waals surface area contributed by atoms with Crippen molar-refractivity contribution in [3.05, 3.63) is 23.8 Å². The summed E-state index contributed by atoms with van der Waals surface area (Å²) in [5, 5.41) is 17.0. The quantitative estimate of drug-likeness (QED) is 0.495. The van der Waals surface area contributed by atoms with E-state index in [9.17, 15) is 9.90 Å². The van der Waals surface area contributed by atoms with E-state index < -0.39 is 5.60 Å². The van der Waals surface area contributed by atoms with Crippen LogP contribution in [0.5, 0.6) is 0 Å². The van der Waals surface area contributed by atoms with E-state index in [1.165, 1.54) is 5.56 Å². The number of piperidine rings is 1. The van der Waals surface area contributed by atoms with E-state index in [1.54, 1.807) is 0 Å². The van der Waals surface area contributed by atoms with Crippen LogP contribution in [0.25, 0.3) is 0 Å². The van der Waals surface area contributed by atoms with Crippen LogP contribution >= 0.6 is 0 Å². The largest absolute Gasteiger partial charge is 0.397 e. The number of carbonyl (C=O) groups excluding carboxylic acids is 1. The number of benzene rings is 1. The van der Waals surface area contributed by atoms with E-state index in [4.69, 9.17) is 5.73 Å². The first kappa shape index (κ1) is 23.9. The number of nitrogen functional groups attached to an aromatic ring is 1. The average Bonchev–Trinajstić information content (AvgIpc) is 2.70. The molecule has 3 rings (SSSR count). The molecule has 31 heavy (non-hydrogen) atoms. The van der Waals surface area contributed by atoms with Crippen molar-refractivity contribution in [1.29, 1.82) is 0 Å². The molecule has 1 aliphatic heterocycles. The summed E-state index contributed by atoms with van der Waals surface area (Å²) < 4.78 is 0. The van der Waals surface area contributed by atoms with Crippen LogP contribution in [0.4, 0.5) is 11.4 Å². The average molecular weight is 431 g/mol. The van der Waals surface area contributed by atoms with Gasteiger partial charge in [0.1, 0.15) is 0 Å². The van der Waals surface area contributed by atoms with Gasteiger partial charge in [-0.2, -0.15) is 0 Å². The smallest absolute Gasteiger partial charge is 0.223 e. The molecule has 1 aromatic carbocycles. The van der Waals surface area contributed by atoms with Crippen LogP contribution in [-0.2, 0) is 11.3 Å². The lowest BCUT2D eigenvalue weighted by Gasteiger charge is -2.37. The molecule has 2 aliphatic rings. The zero-order valence-corrected chi connectivity index (χ0v) is 19.8. The molecule has 6 nitrogen and oxygen atoms in total. The third kappa shape index (κ3) is 6.84. The summed E-state index contributed by atoms with van der Waals surface area (Å²) in [6, 6.07) is 6.88. The van der Waals surface area contributed by atoms with E-state index in [0.717, 1.165) is 69.5 Å². The molecule has 1 saturated carbocycles. The number of nitrogens with zero attached hydrogens (tertiary/aromatic N) is 1. The van der Waals surface area contributed by atoms with Gasteiger partial charge in [-0.25, -0.2) is 0 Å². The number of aliphatic hydroxyl groups is 1. The van der Waals surface area contributed by atoms with Crippen molar-refractivity contribution in [3.8, 4) is 0 Å². The van der Waals surface area contributed by atoms with Gasteiger partial charge in [0.25, 0.3) is 0 Å². The molecule has 6 heteroatoms. The summed E-state index contributed by atoms with van der Waals surface area (Å²) in [5.74, 6) is 0.712. The Morgan fingerprint density at radius 1 is 1.16 bits per heavy atom. The highest BCUT2D eigenvalue weighted by atomic mass is 16.3. The minimum atomic E-state index is -0.584. The van der Waals surface area contributed by atoms with Crippen LogP contribution in [-0.4, -0.2) is 46.7 Å². The van der Waals surface area contributed by atoms with Gasteiger partial charge in [0.05, 0.1) is 17.0 Å². The fourth-order valence-electron chi connectivity index (χ4n) is 5.00. The van der Waals surface area contributed by atoms with Gasteiger partial charge < -0.3 is 21.5 Å². The van der Waals surface area contributed by atoms with Gasteiger partial charge in [-0.3, -0.25) is 9.69 Å². The summed E-state index contributed by atoms with van der Waals surface area (Å²) in [6.45, 7) is 10.8. The molecular formula is C25H42N4O2. The summed E-state index contributed by atoms with van der Waals surface area (Å²) in [7, 11) is 0. The molecule has 1 heterocycles. The molecule has 0 atom stereocenters. The lowest BCUT2D eigenvalue weighted by Crippen LogP contribution is -2.41. The van der Waals surface area contributed by atoms with Crippen molar-refractivity contribution < 1.29 is 9.90 Å². The first-order chi connectivity index (χ1) is 14.6. The van der Waals surface area contributed by atoms with Crippen LogP contribution in [0, 0.1) is 11.8 Å². The molecule has 2 fully saturated rings. The number of hydrogen-bond donors (Lipinski definition) is 4. The highest BCUT2D eigenvalue weighted by Gasteiger charge is 2.30. The number of hydrogen-bond acceptors (Lipinski definition) is 5. The van der Waals surface area contributed by atoms with Gasteiger partial charge in [-0.05, 0) is 103 Å². The van der Waals surface area contributed by atoms with E-state index >= 15 is 0 Å². The van der Waals surface area contributed by atoms with Crippen molar-refractivity contribution in [2.45, 2.75) is 90.4 Å². The molecule has 0 spiro atoms. The number of nitrogens with two attached hydrogens (primary N) is 1. The maximum absolute atomic E-state index is 12.3. The SMILES string of the molecule is CC(C)NC(=O)C1CCC(Nc2cc(CN3CCC(C(C)(C)O)CC3)ccc2N)CC1. The Kier molecular flexibility index (Phi) is 7.87. The van der Waals surface area contributed by atoms with E-state index in [2.05, 4.69) is 27.7 Å². The van der Waals surface area contributed by atoms with Gasteiger partial charge in [-0.1, -0.05) is 6.07 Å². The molecule has 5 N–H and O–H groups in total. The summed E-state index contributed by atoms with van der Waals surface area (Å²) in [4.78, 5) is 14.7. The lowest BCUT2D eigenvalue weighted by molar-refractivity contribution is -0.126. The maximum Gasteiger partial charge on any atom is 0.223 e. The fraction of sp³-hybridized carbons (Fsp3) is 0.720. The minimum absolute atomic E-state index is 0.135. The Labute approximate surface area is 188 Å². The fourth-order valence-corrected chi connectivity index (χ4v) is 5.00. The molecule has 1 saturated heterocycles. The maximum atomic E-state index is 12.3. The Bertz CT molecular complexity index is 728. The van der Waals surface area contributed by atoms with Gasteiger partial charge in [0.2, 0.25) is 5.91 Å². The number of likely N-dealkylation sites (tertiary alicyclic amines) is 1. The number of nitrogens with one attached hydrogen (secondary N) is 2. The van der Waals surface area contributed by atoms with Crippen molar-refractivity contribution >= 4 is 17.3 Å². The Morgan fingerprint density at radius 2 is 1.81 bits per heavy atom. The minimum Gasteiger partial charge on any atom is -0.397 e. The lowest BCUT2D eigenvalue weighted by atomic mass is 9.83. The monoisotopic (exact) mass is 430 g/mol.